The molecule has 1 saturated heterocycles. The van der Waals surface area contributed by atoms with Crippen LogP contribution in [-0.2, 0) is 4.74 Å². The third-order valence-electron chi connectivity index (χ3n) is 4.30. The number of amides is 1. The Balaban J connectivity index is 1.61. The fourth-order valence-electron chi connectivity index (χ4n) is 2.72. The molecule has 0 radical (unpaired) electrons. The zero-order valence-electron chi connectivity index (χ0n) is 14.4. The first-order chi connectivity index (χ1) is 11.2. The second-order valence-electron chi connectivity index (χ2n) is 6.20. The van der Waals surface area contributed by atoms with Crippen molar-refractivity contribution in [2.75, 3.05) is 66.6 Å². The molecule has 0 aliphatic carbocycles. The van der Waals surface area contributed by atoms with Gasteiger partial charge < -0.3 is 14.5 Å². The highest BCUT2D eigenvalue weighted by Crippen LogP contribution is 2.03. The molecule has 0 spiro atoms. The summed E-state index contributed by atoms with van der Waals surface area (Å²) in [5.41, 5.74) is 0.755. The fourth-order valence-corrected chi connectivity index (χ4v) is 2.72. The van der Waals surface area contributed by atoms with Gasteiger partial charge in [-0.05, 0) is 38.7 Å². The summed E-state index contributed by atoms with van der Waals surface area (Å²) in [6, 6.07) is 9.46. The Morgan fingerprint density at radius 1 is 1.09 bits per heavy atom. The number of benzene rings is 1. The maximum absolute atomic E-state index is 12.3. The maximum Gasteiger partial charge on any atom is 0.253 e. The van der Waals surface area contributed by atoms with Gasteiger partial charge in [-0.2, -0.15) is 0 Å². The SMILES string of the molecule is CN(CCCN1CCOCC1)CCN(C)C(=O)c1ccccc1. The van der Waals surface area contributed by atoms with Crippen LogP contribution in [0.5, 0.6) is 0 Å². The number of carbonyl (C=O) groups is 1. The summed E-state index contributed by atoms with van der Waals surface area (Å²) in [4.78, 5) is 18.8. The molecule has 2 rings (SSSR count). The van der Waals surface area contributed by atoms with Crippen LogP contribution in [0.3, 0.4) is 0 Å². The summed E-state index contributed by atoms with van der Waals surface area (Å²) in [7, 11) is 4.00. The van der Waals surface area contributed by atoms with Crippen molar-refractivity contribution in [1.82, 2.24) is 14.7 Å². The van der Waals surface area contributed by atoms with Gasteiger partial charge in [0.2, 0.25) is 0 Å². The zero-order valence-corrected chi connectivity index (χ0v) is 14.4. The molecule has 0 atom stereocenters. The first-order valence-corrected chi connectivity index (χ1v) is 8.46. The van der Waals surface area contributed by atoms with E-state index in [1.807, 2.05) is 37.4 Å². The van der Waals surface area contributed by atoms with Crippen molar-refractivity contribution >= 4 is 5.91 Å². The number of rotatable bonds is 8. The molecule has 23 heavy (non-hydrogen) atoms. The summed E-state index contributed by atoms with van der Waals surface area (Å²) in [5.74, 6) is 0.0901. The van der Waals surface area contributed by atoms with Crippen molar-refractivity contribution in [1.29, 1.82) is 0 Å². The lowest BCUT2D eigenvalue weighted by molar-refractivity contribution is 0.0363. The van der Waals surface area contributed by atoms with E-state index in [1.54, 1.807) is 4.90 Å². The average Bonchev–Trinajstić information content (AvgIpc) is 2.60. The minimum absolute atomic E-state index is 0.0901. The first-order valence-electron chi connectivity index (χ1n) is 8.46. The molecule has 1 aliphatic heterocycles. The van der Waals surface area contributed by atoms with E-state index in [9.17, 15) is 4.79 Å². The number of ether oxygens (including phenoxy) is 1. The smallest absolute Gasteiger partial charge is 0.253 e. The lowest BCUT2D eigenvalue weighted by Gasteiger charge is -2.27. The summed E-state index contributed by atoms with van der Waals surface area (Å²) in [6.45, 7) is 7.68. The minimum atomic E-state index is 0.0901. The van der Waals surface area contributed by atoms with Gasteiger partial charge in [0.1, 0.15) is 0 Å². The van der Waals surface area contributed by atoms with E-state index >= 15 is 0 Å². The number of hydrogen-bond donors (Lipinski definition) is 0. The summed E-state index contributed by atoms with van der Waals surface area (Å²) >= 11 is 0. The van der Waals surface area contributed by atoms with Gasteiger partial charge in [-0.15, -0.1) is 0 Å². The molecule has 5 heteroatoms. The Hall–Kier alpha value is -1.43. The summed E-state index contributed by atoms with van der Waals surface area (Å²) in [5, 5.41) is 0. The molecule has 5 nitrogen and oxygen atoms in total. The summed E-state index contributed by atoms with van der Waals surface area (Å²) in [6.07, 6.45) is 1.16. The topological polar surface area (TPSA) is 36.0 Å². The number of hydrogen-bond acceptors (Lipinski definition) is 4. The van der Waals surface area contributed by atoms with E-state index in [4.69, 9.17) is 4.74 Å². The number of morpholine rings is 1. The zero-order chi connectivity index (χ0) is 16.5. The number of carbonyl (C=O) groups excluding carboxylic acids is 1. The molecule has 1 aliphatic rings. The Kier molecular flexibility index (Phi) is 7.52. The Morgan fingerprint density at radius 2 is 1.78 bits per heavy atom. The van der Waals surface area contributed by atoms with Crippen molar-refractivity contribution in [3.05, 3.63) is 35.9 Å². The molecular formula is C18H29N3O2. The van der Waals surface area contributed by atoms with Crippen molar-refractivity contribution in [3.63, 3.8) is 0 Å². The van der Waals surface area contributed by atoms with Crippen LogP contribution in [0.25, 0.3) is 0 Å². The normalized spacial score (nSPS) is 15.8. The molecule has 0 aromatic heterocycles. The molecule has 0 bridgehead atoms. The molecule has 128 valence electrons. The highest BCUT2D eigenvalue weighted by atomic mass is 16.5. The molecule has 1 heterocycles. The van der Waals surface area contributed by atoms with E-state index in [2.05, 4.69) is 16.8 Å². The van der Waals surface area contributed by atoms with E-state index in [1.165, 1.54) is 0 Å². The molecule has 0 N–H and O–H groups in total. The van der Waals surface area contributed by atoms with E-state index in [-0.39, 0.29) is 5.91 Å². The Labute approximate surface area is 139 Å². The van der Waals surface area contributed by atoms with Crippen molar-refractivity contribution in [3.8, 4) is 0 Å². The van der Waals surface area contributed by atoms with Crippen LogP contribution >= 0.6 is 0 Å². The minimum Gasteiger partial charge on any atom is -0.379 e. The first kappa shape index (κ1) is 17.9. The van der Waals surface area contributed by atoms with Crippen molar-refractivity contribution < 1.29 is 9.53 Å². The monoisotopic (exact) mass is 319 g/mol. The predicted molar refractivity (Wildman–Crippen MR) is 92.8 cm³/mol. The van der Waals surface area contributed by atoms with Gasteiger partial charge in [-0.25, -0.2) is 0 Å². The third kappa shape index (κ3) is 6.29. The van der Waals surface area contributed by atoms with Gasteiger partial charge in [-0.1, -0.05) is 18.2 Å². The second kappa shape index (κ2) is 9.65. The molecule has 0 unspecified atom stereocenters. The quantitative estimate of drug-likeness (QED) is 0.726. The molecule has 1 aromatic carbocycles. The Morgan fingerprint density at radius 3 is 2.48 bits per heavy atom. The van der Waals surface area contributed by atoms with Crippen LogP contribution in [0.2, 0.25) is 0 Å². The fraction of sp³-hybridized carbons (Fsp3) is 0.611. The van der Waals surface area contributed by atoms with Gasteiger partial charge in [0.25, 0.3) is 5.91 Å². The third-order valence-corrected chi connectivity index (χ3v) is 4.30. The van der Waals surface area contributed by atoms with Crippen LogP contribution in [0, 0.1) is 0 Å². The van der Waals surface area contributed by atoms with Crippen molar-refractivity contribution in [2.45, 2.75) is 6.42 Å². The molecular weight excluding hydrogens is 290 g/mol. The van der Waals surface area contributed by atoms with Gasteiger partial charge in [0.05, 0.1) is 13.2 Å². The number of nitrogens with zero attached hydrogens (tertiary/aromatic N) is 3. The van der Waals surface area contributed by atoms with Gasteiger partial charge in [-0.3, -0.25) is 9.69 Å². The van der Waals surface area contributed by atoms with E-state index in [0.717, 1.165) is 64.5 Å². The molecule has 1 fully saturated rings. The van der Waals surface area contributed by atoms with Gasteiger partial charge in [0.15, 0.2) is 0 Å². The lowest BCUT2D eigenvalue weighted by Crippen LogP contribution is -2.39. The van der Waals surface area contributed by atoms with Crippen LogP contribution in [0.1, 0.15) is 16.8 Å². The van der Waals surface area contributed by atoms with Crippen LogP contribution in [0.15, 0.2) is 30.3 Å². The van der Waals surface area contributed by atoms with E-state index < -0.39 is 0 Å². The predicted octanol–water partition coefficient (Wildman–Crippen LogP) is 1.41. The van der Waals surface area contributed by atoms with Crippen molar-refractivity contribution in [2.24, 2.45) is 0 Å². The van der Waals surface area contributed by atoms with Gasteiger partial charge >= 0.3 is 0 Å². The largest absolute Gasteiger partial charge is 0.379 e. The van der Waals surface area contributed by atoms with Crippen LogP contribution in [0.4, 0.5) is 0 Å². The van der Waals surface area contributed by atoms with E-state index in [0.29, 0.717) is 0 Å². The molecule has 0 saturated carbocycles. The molecule has 1 amide bonds. The second-order valence-corrected chi connectivity index (χ2v) is 6.20. The standard InChI is InChI=1S/C18H29N3O2/c1-19(9-6-10-21-13-15-23-16-14-21)11-12-20(2)18(22)17-7-4-3-5-8-17/h3-5,7-8H,6,9-16H2,1-2H3. The van der Waals surface area contributed by atoms with Crippen LogP contribution in [-0.4, -0.2) is 87.2 Å². The highest BCUT2D eigenvalue weighted by molar-refractivity contribution is 5.93. The highest BCUT2D eigenvalue weighted by Gasteiger charge is 2.12. The van der Waals surface area contributed by atoms with Crippen LogP contribution < -0.4 is 0 Å². The number of likely N-dealkylation sites (N-methyl/N-ethyl adjacent to an activating group) is 2. The molecule has 1 aromatic rings. The maximum atomic E-state index is 12.3. The lowest BCUT2D eigenvalue weighted by atomic mass is 10.2. The van der Waals surface area contributed by atoms with Gasteiger partial charge in [0, 0.05) is 38.8 Å². The Bertz CT molecular complexity index is 461. The average molecular weight is 319 g/mol. The summed E-state index contributed by atoms with van der Waals surface area (Å²) < 4.78 is 5.36.